The number of halogens is 1. The van der Waals surface area contributed by atoms with Crippen molar-refractivity contribution in [3.8, 4) is 11.4 Å². The molecule has 0 aliphatic carbocycles. The highest BCUT2D eigenvalue weighted by Crippen LogP contribution is 2.28. The predicted molar refractivity (Wildman–Crippen MR) is 110 cm³/mol. The van der Waals surface area contributed by atoms with Crippen LogP contribution in [0.25, 0.3) is 11.4 Å². The second-order valence-electron chi connectivity index (χ2n) is 6.16. The van der Waals surface area contributed by atoms with E-state index < -0.39 is 0 Å². The highest BCUT2D eigenvalue weighted by atomic mass is 35.5. The lowest BCUT2D eigenvalue weighted by Crippen LogP contribution is -2.27. The Morgan fingerprint density at radius 1 is 1.15 bits per heavy atom. The molecule has 1 aromatic heterocycles. The van der Waals surface area contributed by atoms with Crippen LogP contribution in [0.15, 0.2) is 53.7 Å². The number of carbonyl (C=O) groups is 1. The smallest absolute Gasteiger partial charge is 0.230 e. The molecule has 5 nitrogen and oxygen atoms in total. The van der Waals surface area contributed by atoms with Gasteiger partial charge in [-0.25, -0.2) is 0 Å². The molecule has 0 aliphatic heterocycles. The summed E-state index contributed by atoms with van der Waals surface area (Å²) >= 11 is 7.59. The summed E-state index contributed by atoms with van der Waals surface area (Å²) in [6, 6.07) is 15.7. The third kappa shape index (κ3) is 4.90. The van der Waals surface area contributed by atoms with Crippen LogP contribution in [-0.4, -0.2) is 33.0 Å². The van der Waals surface area contributed by atoms with Gasteiger partial charge in [-0.3, -0.25) is 4.79 Å². The van der Waals surface area contributed by atoms with Gasteiger partial charge in [0.25, 0.3) is 0 Å². The molecule has 3 aromatic rings. The minimum absolute atomic E-state index is 0.0177. The Hall–Kier alpha value is -2.31. The molecule has 0 spiro atoms. The van der Waals surface area contributed by atoms with Gasteiger partial charge in [-0.15, -0.1) is 10.2 Å². The maximum Gasteiger partial charge on any atom is 0.230 e. The highest BCUT2D eigenvalue weighted by Gasteiger charge is 2.14. The summed E-state index contributed by atoms with van der Waals surface area (Å²) in [7, 11) is 1.87. The average Bonchev–Trinajstić information content (AvgIpc) is 3.02. The first-order valence-electron chi connectivity index (χ1n) is 8.64. The Morgan fingerprint density at radius 2 is 1.89 bits per heavy atom. The van der Waals surface area contributed by atoms with Crippen LogP contribution in [0.5, 0.6) is 0 Å². The SMILES string of the molecule is Cc1ccccc1CCNC(=O)CSc1nnc(-c2ccccc2Cl)n1C. The molecular formula is C20H21ClN4OS. The van der Waals surface area contributed by atoms with E-state index in [-0.39, 0.29) is 5.91 Å². The zero-order chi connectivity index (χ0) is 19.2. The van der Waals surface area contributed by atoms with Crippen molar-refractivity contribution in [3.05, 3.63) is 64.7 Å². The van der Waals surface area contributed by atoms with Gasteiger partial charge in [-0.1, -0.05) is 59.8 Å². The van der Waals surface area contributed by atoms with Gasteiger partial charge in [0.2, 0.25) is 5.91 Å². The summed E-state index contributed by atoms with van der Waals surface area (Å²) in [5.74, 6) is 0.960. The Labute approximate surface area is 168 Å². The molecule has 0 saturated carbocycles. The van der Waals surface area contributed by atoms with E-state index in [0.29, 0.717) is 28.3 Å². The molecule has 0 saturated heterocycles. The van der Waals surface area contributed by atoms with Gasteiger partial charge in [-0.05, 0) is 36.6 Å². The van der Waals surface area contributed by atoms with E-state index >= 15 is 0 Å². The molecule has 140 valence electrons. The molecule has 1 N–H and O–H groups in total. The Bertz CT molecular complexity index is 941. The summed E-state index contributed by atoms with van der Waals surface area (Å²) < 4.78 is 1.85. The monoisotopic (exact) mass is 400 g/mol. The number of aryl methyl sites for hydroxylation is 1. The lowest BCUT2D eigenvalue weighted by Gasteiger charge is -2.08. The number of hydrogen-bond donors (Lipinski definition) is 1. The fourth-order valence-electron chi connectivity index (χ4n) is 2.73. The number of rotatable bonds is 7. The van der Waals surface area contributed by atoms with Crippen LogP contribution in [0.3, 0.4) is 0 Å². The van der Waals surface area contributed by atoms with E-state index in [0.717, 1.165) is 12.0 Å². The lowest BCUT2D eigenvalue weighted by molar-refractivity contribution is -0.118. The summed E-state index contributed by atoms with van der Waals surface area (Å²) in [6.07, 6.45) is 0.823. The minimum Gasteiger partial charge on any atom is -0.355 e. The van der Waals surface area contributed by atoms with Gasteiger partial charge in [0.05, 0.1) is 10.8 Å². The molecule has 3 rings (SSSR count). The Balaban J connectivity index is 1.52. The molecule has 27 heavy (non-hydrogen) atoms. The molecule has 0 radical (unpaired) electrons. The molecule has 2 aromatic carbocycles. The average molecular weight is 401 g/mol. The van der Waals surface area contributed by atoms with E-state index in [1.807, 2.05) is 48.0 Å². The minimum atomic E-state index is -0.0177. The fourth-order valence-corrected chi connectivity index (χ4v) is 3.69. The Morgan fingerprint density at radius 3 is 2.67 bits per heavy atom. The van der Waals surface area contributed by atoms with E-state index in [9.17, 15) is 4.79 Å². The van der Waals surface area contributed by atoms with Gasteiger partial charge in [-0.2, -0.15) is 0 Å². The molecule has 0 fully saturated rings. The van der Waals surface area contributed by atoms with Crippen LogP contribution in [0.1, 0.15) is 11.1 Å². The van der Waals surface area contributed by atoms with Crippen LogP contribution in [-0.2, 0) is 18.3 Å². The molecular weight excluding hydrogens is 380 g/mol. The van der Waals surface area contributed by atoms with Gasteiger partial charge in [0.1, 0.15) is 0 Å². The molecule has 1 heterocycles. The third-order valence-corrected chi connectivity index (χ3v) is 5.61. The molecule has 0 unspecified atom stereocenters. The van der Waals surface area contributed by atoms with E-state index in [2.05, 4.69) is 34.6 Å². The molecule has 1 amide bonds. The molecule has 0 atom stereocenters. The second-order valence-corrected chi connectivity index (χ2v) is 7.51. The standard InChI is InChI=1S/C20H21ClN4OS/c1-14-7-3-4-8-15(14)11-12-22-18(26)13-27-20-24-23-19(25(20)2)16-9-5-6-10-17(16)21/h3-10H,11-13H2,1-2H3,(H,22,26). The summed E-state index contributed by atoms with van der Waals surface area (Å²) in [6.45, 7) is 2.70. The maximum absolute atomic E-state index is 12.1. The lowest BCUT2D eigenvalue weighted by atomic mass is 10.1. The van der Waals surface area contributed by atoms with Gasteiger partial charge in [0, 0.05) is 19.2 Å². The predicted octanol–water partition coefficient (Wildman–Crippen LogP) is 3.89. The van der Waals surface area contributed by atoms with Crippen molar-refractivity contribution in [3.63, 3.8) is 0 Å². The highest BCUT2D eigenvalue weighted by molar-refractivity contribution is 7.99. The zero-order valence-electron chi connectivity index (χ0n) is 15.3. The van der Waals surface area contributed by atoms with Crippen LogP contribution in [0.2, 0.25) is 5.02 Å². The third-order valence-electron chi connectivity index (χ3n) is 4.26. The number of thioether (sulfide) groups is 1. The molecule has 7 heteroatoms. The van der Waals surface area contributed by atoms with Gasteiger partial charge >= 0.3 is 0 Å². The van der Waals surface area contributed by atoms with Crippen molar-refractivity contribution in [2.24, 2.45) is 7.05 Å². The van der Waals surface area contributed by atoms with Crippen LogP contribution in [0, 0.1) is 6.92 Å². The summed E-state index contributed by atoms with van der Waals surface area (Å²) in [5.41, 5.74) is 3.32. The normalized spacial score (nSPS) is 10.8. The van der Waals surface area contributed by atoms with Crippen LogP contribution >= 0.6 is 23.4 Å². The van der Waals surface area contributed by atoms with E-state index in [1.165, 1.54) is 22.9 Å². The summed E-state index contributed by atoms with van der Waals surface area (Å²) in [5, 5.41) is 12.7. The van der Waals surface area contributed by atoms with Crippen molar-refractivity contribution in [2.75, 3.05) is 12.3 Å². The quantitative estimate of drug-likeness (QED) is 0.611. The number of benzene rings is 2. The number of nitrogens with zero attached hydrogens (tertiary/aromatic N) is 3. The number of amides is 1. The van der Waals surface area contributed by atoms with Crippen molar-refractivity contribution in [2.45, 2.75) is 18.5 Å². The van der Waals surface area contributed by atoms with Crippen LogP contribution in [0.4, 0.5) is 0 Å². The van der Waals surface area contributed by atoms with Crippen molar-refractivity contribution < 1.29 is 4.79 Å². The zero-order valence-corrected chi connectivity index (χ0v) is 16.8. The number of nitrogens with one attached hydrogen (secondary N) is 1. The van der Waals surface area contributed by atoms with Crippen molar-refractivity contribution in [1.82, 2.24) is 20.1 Å². The first-order chi connectivity index (χ1) is 13.1. The Kier molecular flexibility index (Phi) is 6.53. The second kappa shape index (κ2) is 9.06. The van der Waals surface area contributed by atoms with Crippen LogP contribution < -0.4 is 5.32 Å². The number of aromatic nitrogens is 3. The molecule has 0 bridgehead atoms. The van der Waals surface area contributed by atoms with Crippen molar-refractivity contribution >= 4 is 29.3 Å². The van der Waals surface area contributed by atoms with E-state index in [4.69, 9.17) is 11.6 Å². The van der Waals surface area contributed by atoms with E-state index in [1.54, 1.807) is 0 Å². The first-order valence-corrected chi connectivity index (χ1v) is 10.0. The summed E-state index contributed by atoms with van der Waals surface area (Å²) in [4.78, 5) is 12.1. The molecule has 0 aliphatic rings. The van der Waals surface area contributed by atoms with Crippen molar-refractivity contribution in [1.29, 1.82) is 0 Å². The van der Waals surface area contributed by atoms with Gasteiger partial charge in [0.15, 0.2) is 11.0 Å². The topological polar surface area (TPSA) is 59.8 Å². The number of hydrogen-bond acceptors (Lipinski definition) is 4. The number of carbonyl (C=O) groups excluding carboxylic acids is 1. The van der Waals surface area contributed by atoms with Gasteiger partial charge < -0.3 is 9.88 Å². The fraction of sp³-hybridized carbons (Fsp3) is 0.250. The first kappa shape index (κ1) is 19.5. The largest absolute Gasteiger partial charge is 0.355 e. The maximum atomic E-state index is 12.1.